The van der Waals surface area contributed by atoms with Crippen molar-refractivity contribution in [2.45, 2.75) is 63.9 Å². The van der Waals surface area contributed by atoms with Crippen molar-refractivity contribution in [1.29, 1.82) is 0 Å². The van der Waals surface area contributed by atoms with E-state index in [1.165, 1.54) is 11.1 Å². The molecule has 1 amide bonds. The Morgan fingerprint density at radius 3 is 2.45 bits per heavy atom. The number of aliphatic hydroxyl groups is 1. The molecule has 0 aliphatic heterocycles. The van der Waals surface area contributed by atoms with Crippen LogP contribution in [0.15, 0.2) is 66.7 Å². The lowest BCUT2D eigenvalue weighted by Gasteiger charge is -2.53. The number of ether oxygens (including phenoxy) is 1. The van der Waals surface area contributed by atoms with Crippen LogP contribution >= 0.6 is 0 Å². The quantitative estimate of drug-likeness (QED) is 0.291. The first-order chi connectivity index (χ1) is 19.4. The predicted octanol–water partition coefficient (Wildman–Crippen LogP) is 6.72. The molecule has 3 aliphatic rings. The van der Waals surface area contributed by atoms with Gasteiger partial charge >= 0.3 is 0 Å². The Hall–Kier alpha value is -3.31. The maximum absolute atomic E-state index is 12.9. The molecule has 0 heterocycles. The summed E-state index contributed by atoms with van der Waals surface area (Å²) in [6.45, 7) is 2.96. The molecule has 2 fully saturated rings. The highest BCUT2D eigenvalue weighted by Gasteiger charge is 2.56. The highest BCUT2D eigenvalue weighted by atomic mass is 16.5. The van der Waals surface area contributed by atoms with E-state index in [9.17, 15) is 15.0 Å². The molecule has 3 aromatic carbocycles. The van der Waals surface area contributed by atoms with Crippen molar-refractivity contribution < 1.29 is 19.7 Å². The fourth-order valence-corrected chi connectivity index (χ4v) is 8.30. The van der Waals surface area contributed by atoms with Gasteiger partial charge in [0.2, 0.25) is 0 Å². The number of methoxy groups -OCH3 is 1. The first-order valence-corrected chi connectivity index (χ1v) is 14.9. The van der Waals surface area contributed by atoms with Gasteiger partial charge in [0.15, 0.2) is 0 Å². The third kappa shape index (κ3) is 4.89. The van der Waals surface area contributed by atoms with Gasteiger partial charge in [-0.25, -0.2) is 0 Å². The highest BCUT2D eigenvalue weighted by Crippen LogP contribution is 2.62. The van der Waals surface area contributed by atoms with E-state index in [4.69, 9.17) is 4.74 Å². The average Bonchev–Trinajstić information content (AvgIpc) is 3.28. The molecule has 0 spiro atoms. The van der Waals surface area contributed by atoms with Crippen LogP contribution in [0.3, 0.4) is 0 Å². The van der Waals surface area contributed by atoms with E-state index in [1.54, 1.807) is 7.11 Å². The number of phenols is 1. The minimum atomic E-state index is -0.198. The molecule has 210 valence electrons. The van der Waals surface area contributed by atoms with Gasteiger partial charge in [-0.15, -0.1) is 0 Å². The smallest absolute Gasteiger partial charge is 0.251 e. The fourth-order valence-electron chi connectivity index (χ4n) is 8.30. The lowest BCUT2D eigenvalue weighted by Crippen LogP contribution is -2.47. The zero-order valence-corrected chi connectivity index (χ0v) is 23.6. The SMILES string of the molecule is COc1ccc(-c2ccc(C(=O)NCCCC3Cc4cc(O)ccc4C4CCC5(C)C(O)CCC5C34)cc2)cc1. The van der Waals surface area contributed by atoms with Gasteiger partial charge in [0, 0.05) is 12.1 Å². The number of aliphatic hydroxyl groups excluding tert-OH is 1. The number of benzene rings is 3. The molecule has 3 aliphatic carbocycles. The molecule has 2 saturated carbocycles. The van der Waals surface area contributed by atoms with Gasteiger partial charge < -0.3 is 20.3 Å². The predicted molar refractivity (Wildman–Crippen MR) is 158 cm³/mol. The van der Waals surface area contributed by atoms with Crippen LogP contribution in [0.5, 0.6) is 11.5 Å². The van der Waals surface area contributed by atoms with Crippen LogP contribution in [0.25, 0.3) is 11.1 Å². The minimum absolute atomic E-state index is 0.0139. The number of rotatable bonds is 7. The largest absolute Gasteiger partial charge is 0.508 e. The van der Waals surface area contributed by atoms with Crippen LogP contribution in [-0.4, -0.2) is 35.9 Å². The summed E-state index contributed by atoms with van der Waals surface area (Å²) in [7, 11) is 1.66. The first-order valence-electron chi connectivity index (χ1n) is 14.9. The second-order valence-corrected chi connectivity index (χ2v) is 12.5. The Labute approximate surface area is 237 Å². The van der Waals surface area contributed by atoms with E-state index < -0.39 is 0 Å². The van der Waals surface area contributed by atoms with Crippen molar-refractivity contribution in [3.63, 3.8) is 0 Å². The zero-order chi connectivity index (χ0) is 27.9. The summed E-state index contributed by atoms with van der Waals surface area (Å²) in [6.07, 6.45) is 6.91. The number of nitrogens with one attached hydrogen (secondary N) is 1. The third-order valence-electron chi connectivity index (χ3n) is 10.4. The van der Waals surface area contributed by atoms with Crippen molar-refractivity contribution >= 4 is 5.91 Å². The second-order valence-electron chi connectivity index (χ2n) is 12.5. The van der Waals surface area contributed by atoms with Crippen LogP contribution in [0.2, 0.25) is 0 Å². The van der Waals surface area contributed by atoms with Crippen molar-refractivity contribution in [2.75, 3.05) is 13.7 Å². The molecular formula is C35H41NO4. The summed E-state index contributed by atoms with van der Waals surface area (Å²) in [6, 6.07) is 21.6. The summed E-state index contributed by atoms with van der Waals surface area (Å²) in [5.41, 5.74) is 5.53. The number of hydrogen-bond donors (Lipinski definition) is 3. The van der Waals surface area contributed by atoms with Gasteiger partial charge in [-0.1, -0.05) is 37.3 Å². The molecule has 6 unspecified atom stereocenters. The molecule has 0 saturated heterocycles. The summed E-state index contributed by atoms with van der Waals surface area (Å²) >= 11 is 0. The van der Waals surface area contributed by atoms with Crippen LogP contribution in [0, 0.1) is 23.2 Å². The standard InChI is InChI=1S/C35H41NO4/c1-35-18-17-30-29-14-11-27(37)21-26(29)20-25(33(30)31(35)15-16-32(35)38)4-3-19-36-34(39)24-7-5-22(6-8-24)23-9-12-28(40-2)13-10-23/h5-14,21,25,30-33,37-38H,3-4,15-20H2,1-2H3,(H,36,39). The molecule has 6 atom stereocenters. The first kappa shape index (κ1) is 26.9. The fraction of sp³-hybridized carbons (Fsp3) is 0.457. The van der Waals surface area contributed by atoms with Crippen molar-refractivity contribution in [1.82, 2.24) is 5.32 Å². The topological polar surface area (TPSA) is 78.8 Å². The van der Waals surface area contributed by atoms with E-state index in [0.29, 0.717) is 41.5 Å². The van der Waals surface area contributed by atoms with E-state index in [2.05, 4.69) is 18.3 Å². The Balaban J connectivity index is 1.10. The molecule has 0 aromatic heterocycles. The van der Waals surface area contributed by atoms with E-state index in [0.717, 1.165) is 61.8 Å². The van der Waals surface area contributed by atoms with Crippen molar-refractivity contribution in [3.8, 4) is 22.6 Å². The molecular weight excluding hydrogens is 498 g/mol. The molecule has 0 bridgehead atoms. The Bertz CT molecular complexity index is 1350. The van der Waals surface area contributed by atoms with Crippen LogP contribution in [-0.2, 0) is 6.42 Å². The number of amides is 1. The molecule has 6 rings (SSSR count). The molecule has 5 nitrogen and oxygen atoms in total. The maximum atomic E-state index is 12.9. The summed E-state index contributed by atoms with van der Waals surface area (Å²) in [5.74, 6) is 3.21. The summed E-state index contributed by atoms with van der Waals surface area (Å²) in [4.78, 5) is 12.9. The lowest BCUT2D eigenvalue weighted by atomic mass is 9.52. The Kier molecular flexibility index (Phi) is 7.35. The van der Waals surface area contributed by atoms with Gasteiger partial charge in [0.1, 0.15) is 11.5 Å². The van der Waals surface area contributed by atoms with Gasteiger partial charge in [0.05, 0.1) is 13.2 Å². The molecule has 3 aromatic rings. The molecule has 5 heteroatoms. The average molecular weight is 540 g/mol. The normalized spacial score (nSPS) is 28.7. The highest BCUT2D eigenvalue weighted by molar-refractivity contribution is 5.94. The summed E-state index contributed by atoms with van der Waals surface area (Å²) < 4.78 is 5.24. The lowest BCUT2D eigenvalue weighted by molar-refractivity contribution is -0.0395. The number of phenolic OH excluding ortho intramolecular Hbond substituents is 1. The minimum Gasteiger partial charge on any atom is -0.508 e. The van der Waals surface area contributed by atoms with Gasteiger partial charge in [-0.05, 0) is 133 Å². The number of carbonyl (C=O) groups excluding carboxylic acids is 1. The van der Waals surface area contributed by atoms with E-state index >= 15 is 0 Å². The Morgan fingerprint density at radius 1 is 1.00 bits per heavy atom. The van der Waals surface area contributed by atoms with E-state index in [-0.39, 0.29) is 17.4 Å². The maximum Gasteiger partial charge on any atom is 0.251 e. The second kappa shape index (κ2) is 10.9. The van der Waals surface area contributed by atoms with Gasteiger partial charge in [-0.3, -0.25) is 4.79 Å². The number of carbonyl (C=O) groups is 1. The van der Waals surface area contributed by atoms with Crippen LogP contribution in [0.1, 0.15) is 72.9 Å². The van der Waals surface area contributed by atoms with Crippen molar-refractivity contribution in [3.05, 3.63) is 83.4 Å². The number of aromatic hydroxyl groups is 1. The van der Waals surface area contributed by atoms with E-state index in [1.807, 2.05) is 60.7 Å². The molecule has 0 radical (unpaired) electrons. The molecule has 3 N–H and O–H groups in total. The van der Waals surface area contributed by atoms with Gasteiger partial charge in [-0.2, -0.15) is 0 Å². The number of hydrogen-bond acceptors (Lipinski definition) is 4. The van der Waals surface area contributed by atoms with Crippen LogP contribution < -0.4 is 10.1 Å². The third-order valence-corrected chi connectivity index (χ3v) is 10.4. The number of fused-ring (bicyclic) bond motifs is 5. The zero-order valence-electron chi connectivity index (χ0n) is 23.6. The monoisotopic (exact) mass is 539 g/mol. The summed E-state index contributed by atoms with van der Waals surface area (Å²) in [5, 5.41) is 24.2. The Morgan fingerprint density at radius 2 is 1.73 bits per heavy atom. The van der Waals surface area contributed by atoms with Crippen molar-refractivity contribution in [2.24, 2.45) is 23.2 Å². The van der Waals surface area contributed by atoms with Crippen LogP contribution in [0.4, 0.5) is 0 Å². The van der Waals surface area contributed by atoms with Gasteiger partial charge in [0.25, 0.3) is 5.91 Å². The molecule has 40 heavy (non-hydrogen) atoms.